The van der Waals surface area contributed by atoms with Crippen molar-refractivity contribution >= 4 is 0 Å². The lowest BCUT2D eigenvalue weighted by molar-refractivity contribution is 0.268. The maximum Gasteiger partial charge on any atom is 0.0942 e. The van der Waals surface area contributed by atoms with Gasteiger partial charge in [-0.15, -0.1) is 0 Å². The molecule has 0 saturated heterocycles. The van der Waals surface area contributed by atoms with Crippen molar-refractivity contribution in [1.82, 2.24) is 14.8 Å². The molecule has 0 amide bonds. The topological polar surface area (TPSA) is 50.9 Å². The third-order valence-corrected chi connectivity index (χ3v) is 2.28. The number of aliphatic hydroxyl groups excluding tert-OH is 1. The smallest absolute Gasteiger partial charge is 0.0942 e. The fourth-order valence-electron chi connectivity index (χ4n) is 1.51. The number of aliphatic hydroxyl groups is 1. The lowest BCUT2D eigenvalue weighted by Gasteiger charge is -1.98. The van der Waals surface area contributed by atoms with Crippen molar-refractivity contribution in [2.75, 3.05) is 0 Å². The summed E-state index contributed by atoms with van der Waals surface area (Å²) in [5.41, 5.74) is 2.66. The highest BCUT2D eigenvalue weighted by molar-refractivity contribution is 5.57. The number of hydrogen-bond acceptors (Lipinski definition) is 3. The molecule has 78 valence electrons. The van der Waals surface area contributed by atoms with Crippen LogP contribution in [0.1, 0.15) is 12.6 Å². The summed E-state index contributed by atoms with van der Waals surface area (Å²) < 4.78 is 1.79. The van der Waals surface area contributed by atoms with Crippen LogP contribution in [0.3, 0.4) is 0 Å². The maximum atomic E-state index is 9.13. The first-order valence-corrected chi connectivity index (χ1v) is 4.93. The molecule has 0 spiro atoms. The van der Waals surface area contributed by atoms with Gasteiger partial charge in [-0.3, -0.25) is 9.67 Å². The van der Waals surface area contributed by atoms with E-state index in [0.717, 1.165) is 23.5 Å². The van der Waals surface area contributed by atoms with E-state index in [4.69, 9.17) is 5.11 Å². The van der Waals surface area contributed by atoms with Gasteiger partial charge >= 0.3 is 0 Å². The highest BCUT2D eigenvalue weighted by Crippen LogP contribution is 2.17. The molecule has 2 aromatic heterocycles. The van der Waals surface area contributed by atoms with Crippen molar-refractivity contribution in [3.05, 3.63) is 36.3 Å². The van der Waals surface area contributed by atoms with Crippen molar-refractivity contribution in [2.24, 2.45) is 0 Å². The van der Waals surface area contributed by atoms with Crippen molar-refractivity contribution in [3.8, 4) is 11.3 Å². The fraction of sp³-hybridized carbons (Fsp3) is 0.273. The van der Waals surface area contributed by atoms with E-state index < -0.39 is 0 Å². The molecule has 0 aliphatic carbocycles. The molecule has 1 N–H and O–H groups in total. The molecule has 0 atom stereocenters. The van der Waals surface area contributed by atoms with E-state index in [-0.39, 0.29) is 6.61 Å². The largest absolute Gasteiger partial charge is 0.390 e. The van der Waals surface area contributed by atoms with E-state index in [0.29, 0.717) is 0 Å². The van der Waals surface area contributed by atoms with Crippen molar-refractivity contribution < 1.29 is 5.11 Å². The Morgan fingerprint density at radius 1 is 1.47 bits per heavy atom. The van der Waals surface area contributed by atoms with Gasteiger partial charge < -0.3 is 5.11 Å². The monoisotopic (exact) mass is 203 g/mol. The summed E-state index contributed by atoms with van der Waals surface area (Å²) >= 11 is 0. The summed E-state index contributed by atoms with van der Waals surface area (Å²) in [5, 5.41) is 13.5. The number of aryl methyl sites for hydroxylation is 1. The van der Waals surface area contributed by atoms with Gasteiger partial charge in [-0.1, -0.05) is 0 Å². The van der Waals surface area contributed by atoms with Gasteiger partial charge in [0.25, 0.3) is 0 Å². The Morgan fingerprint density at radius 3 is 2.87 bits per heavy atom. The Hall–Kier alpha value is -1.68. The first kappa shape index (κ1) is 9.86. The summed E-state index contributed by atoms with van der Waals surface area (Å²) in [6, 6.07) is 5.72. The Bertz CT molecular complexity index is 415. The standard InChI is InChI=1S/C11H13N3O/c1-2-14-10(8-15)6-11(13-14)9-4-3-5-12-7-9/h3-7,15H,2,8H2,1H3. The average Bonchev–Trinajstić information content (AvgIpc) is 2.73. The Morgan fingerprint density at radius 2 is 2.33 bits per heavy atom. The van der Waals surface area contributed by atoms with Gasteiger partial charge in [-0.25, -0.2) is 0 Å². The van der Waals surface area contributed by atoms with Crippen LogP contribution >= 0.6 is 0 Å². The molecule has 0 fully saturated rings. The van der Waals surface area contributed by atoms with Crippen LogP contribution in [0.2, 0.25) is 0 Å². The Balaban J connectivity index is 2.42. The lowest BCUT2D eigenvalue weighted by Crippen LogP contribution is -2.01. The lowest BCUT2D eigenvalue weighted by atomic mass is 10.2. The quantitative estimate of drug-likeness (QED) is 0.821. The molecule has 2 aromatic rings. The predicted octanol–water partition coefficient (Wildman–Crippen LogP) is 1.46. The van der Waals surface area contributed by atoms with Crippen LogP contribution in [0, 0.1) is 0 Å². The molecule has 0 aliphatic heterocycles. The SMILES string of the molecule is CCn1nc(-c2cccnc2)cc1CO. The second-order valence-corrected chi connectivity index (χ2v) is 3.24. The van der Waals surface area contributed by atoms with Gasteiger partial charge in [0.2, 0.25) is 0 Å². The Kier molecular flexibility index (Phi) is 2.78. The maximum absolute atomic E-state index is 9.13. The minimum atomic E-state index is 0.0150. The number of aromatic nitrogens is 3. The van der Waals surface area contributed by atoms with Crippen LogP contribution in [-0.2, 0) is 13.2 Å². The number of nitrogens with zero attached hydrogens (tertiary/aromatic N) is 3. The third kappa shape index (κ3) is 1.89. The van der Waals surface area contributed by atoms with Crippen LogP contribution < -0.4 is 0 Å². The number of pyridine rings is 1. The van der Waals surface area contributed by atoms with Crippen LogP contribution in [0.4, 0.5) is 0 Å². The van der Waals surface area contributed by atoms with E-state index >= 15 is 0 Å². The van der Waals surface area contributed by atoms with Crippen LogP contribution in [0.15, 0.2) is 30.6 Å². The second-order valence-electron chi connectivity index (χ2n) is 3.24. The molecule has 0 unspecified atom stereocenters. The molecule has 4 heteroatoms. The van der Waals surface area contributed by atoms with Crippen LogP contribution in [-0.4, -0.2) is 19.9 Å². The average molecular weight is 203 g/mol. The summed E-state index contributed by atoms with van der Waals surface area (Å²) in [6.07, 6.45) is 3.50. The second kappa shape index (κ2) is 4.23. The molecule has 2 rings (SSSR count). The predicted molar refractivity (Wildman–Crippen MR) is 57.1 cm³/mol. The summed E-state index contributed by atoms with van der Waals surface area (Å²) in [4.78, 5) is 4.04. The van der Waals surface area contributed by atoms with E-state index in [9.17, 15) is 0 Å². The zero-order valence-electron chi connectivity index (χ0n) is 8.59. The van der Waals surface area contributed by atoms with Crippen molar-refractivity contribution in [3.63, 3.8) is 0 Å². The van der Waals surface area contributed by atoms with Gasteiger partial charge in [0.15, 0.2) is 0 Å². The fourth-order valence-corrected chi connectivity index (χ4v) is 1.51. The van der Waals surface area contributed by atoms with Crippen molar-refractivity contribution in [1.29, 1.82) is 0 Å². The molecule has 4 nitrogen and oxygen atoms in total. The first-order chi connectivity index (χ1) is 7.35. The molecular formula is C11H13N3O. The molecule has 0 bridgehead atoms. The molecule has 15 heavy (non-hydrogen) atoms. The molecule has 0 aliphatic rings. The summed E-state index contributed by atoms with van der Waals surface area (Å²) in [7, 11) is 0. The van der Waals surface area contributed by atoms with E-state index in [1.807, 2.05) is 25.1 Å². The molecule has 0 aromatic carbocycles. The molecule has 2 heterocycles. The van der Waals surface area contributed by atoms with Gasteiger partial charge in [-0.05, 0) is 25.1 Å². The van der Waals surface area contributed by atoms with Crippen LogP contribution in [0.5, 0.6) is 0 Å². The minimum Gasteiger partial charge on any atom is -0.390 e. The zero-order valence-corrected chi connectivity index (χ0v) is 8.59. The van der Waals surface area contributed by atoms with E-state index in [1.165, 1.54) is 0 Å². The van der Waals surface area contributed by atoms with E-state index in [2.05, 4.69) is 10.1 Å². The molecular weight excluding hydrogens is 190 g/mol. The highest BCUT2D eigenvalue weighted by atomic mass is 16.3. The minimum absolute atomic E-state index is 0.0150. The number of rotatable bonds is 3. The van der Waals surface area contributed by atoms with Gasteiger partial charge in [-0.2, -0.15) is 5.10 Å². The van der Waals surface area contributed by atoms with Gasteiger partial charge in [0, 0.05) is 24.5 Å². The van der Waals surface area contributed by atoms with Gasteiger partial charge in [0.1, 0.15) is 0 Å². The highest BCUT2D eigenvalue weighted by Gasteiger charge is 2.07. The zero-order chi connectivity index (χ0) is 10.7. The Labute approximate surface area is 88.2 Å². The normalized spacial score (nSPS) is 10.5. The van der Waals surface area contributed by atoms with Crippen molar-refractivity contribution in [2.45, 2.75) is 20.1 Å². The molecule has 0 saturated carbocycles. The third-order valence-electron chi connectivity index (χ3n) is 2.28. The summed E-state index contributed by atoms with van der Waals surface area (Å²) in [5.74, 6) is 0. The summed E-state index contributed by atoms with van der Waals surface area (Å²) in [6.45, 7) is 2.77. The first-order valence-electron chi connectivity index (χ1n) is 4.93. The molecule has 0 radical (unpaired) electrons. The van der Waals surface area contributed by atoms with Gasteiger partial charge in [0.05, 0.1) is 18.0 Å². The number of hydrogen-bond donors (Lipinski definition) is 1. The van der Waals surface area contributed by atoms with Crippen LogP contribution in [0.25, 0.3) is 11.3 Å². The van der Waals surface area contributed by atoms with E-state index in [1.54, 1.807) is 17.1 Å².